The standard InChI is InChI=1S/C21H18N4O7S/c22-13-16-3-1-2-4-20(16)33(29,30)24-9-7-23(8-10-24)21(26)6-5-15-11-18-19(32-14-31-18)12-17(15)25(27)28/h1-6,11-12H,7-10,14H2/b6-5+. The highest BCUT2D eigenvalue weighted by atomic mass is 32.2. The molecule has 1 amide bonds. The van der Waals surface area contributed by atoms with Crippen LogP contribution in [0.15, 0.2) is 47.4 Å². The zero-order valence-corrected chi connectivity index (χ0v) is 18.0. The lowest BCUT2D eigenvalue weighted by Gasteiger charge is -2.33. The van der Waals surface area contributed by atoms with Gasteiger partial charge in [0.05, 0.1) is 27.0 Å². The third-order valence-corrected chi connectivity index (χ3v) is 7.26. The van der Waals surface area contributed by atoms with Gasteiger partial charge >= 0.3 is 0 Å². The van der Waals surface area contributed by atoms with Crippen LogP contribution in [0.25, 0.3) is 6.08 Å². The van der Waals surface area contributed by atoms with Gasteiger partial charge in [-0.3, -0.25) is 14.9 Å². The van der Waals surface area contributed by atoms with Crippen molar-refractivity contribution < 1.29 is 27.6 Å². The summed E-state index contributed by atoms with van der Waals surface area (Å²) in [6.45, 7) is 0.364. The molecule has 12 heteroatoms. The van der Waals surface area contributed by atoms with Gasteiger partial charge < -0.3 is 14.4 Å². The van der Waals surface area contributed by atoms with Gasteiger partial charge in [0.25, 0.3) is 5.69 Å². The first kappa shape index (κ1) is 22.3. The summed E-state index contributed by atoms with van der Waals surface area (Å²) in [5.74, 6) is 0.209. The van der Waals surface area contributed by atoms with Gasteiger partial charge in [-0.05, 0) is 24.3 Å². The van der Waals surface area contributed by atoms with Crippen molar-refractivity contribution in [1.29, 1.82) is 5.26 Å². The highest BCUT2D eigenvalue weighted by molar-refractivity contribution is 7.89. The van der Waals surface area contributed by atoms with E-state index in [1.54, 1.807) is 12.1 Å². The molecule has 2 aromatic rings. The number of amides is 1. The highest BCUT2D eigenvalue weighted by Crippen LogP contribution is 2.38. The fourth-order valence-corrected chi connectivity index (χ4v) is 5.14. The third-order valence-electron chi connectivity index (χ3n) is 5.30. The SMILES string of the molecule is N#Cc1ccccc1S(=O)(=O)N1CCN(C(=O)/C=C/c2cc3c(cc2[N+](=O)[O-])OCO3)CC1. The monoisotopic (exact) mass is 470 g/mol. The Morgan fingerprint density at radius 3 is 2.45 bits per heavy atom. The number of hydrogen-bond acceptors (Lipinski definition) is 8. The Balaban J connectivity index is 1.45. The molecule has 0 N–H and O–H groups in total. The predicted molar refractivity (Wildman–Crippen MR) is 115 cm³/mol. The molecule has 0 unspecified atom stereocenters. The largest absolute Gasteiger partial charge is 0.454 e. The zero-order chi connectivity index (χ0) is 23.6. The van der Waals surface area contributed by atoms with E-state index in [0.29, 0.717) is 5.75 Å². The number of nitriles is 1. The molecule has 1 fully saturated rings. The molecule has 0 aromatic heterocycles. The number of nitro groups is 1. The molecule has 2 aliphatic rings. The van der Waals surface area contributed by atoms with E-state index in [-0.39, 0.29) is 60.4 Å². The van der Waals surface area contributed by atoms with E-state index in [9.17, 15) is 28.6 Å². The Kier molecular flexibility index (Phi) is 5.99. The summed E-state index contributed by atoms with van der Waals surface area (Å²) in [7, 11) is -3.88. The number of ether oxygens (including phenoxy) is 2. The van der Waals surface area contributed by atoms with Gasteiger partial charge in [-0.25, -0.2) is 8.42 Å². The van der Waals surface area contributed by atoms with E-state index < -0.39 is 20.9 Å². The lowest BCUT2D eigenvalue weighted by atomic mass is 10.1. The van der Waals surface area contributed by atoms with Gasteiger partial charge in [-0.15, -0.1) is 0 Å². The molecule has 170 valence electrons. The molecule has 2 aliphatic heterocycles. The number of rotatable bonds is 5. The number of carbonyl (C=O) groups excluding carboxylic acids is 1. The summed E-state index contributed by atoms with van der Waals surface area (Å²) in [6.07, 6.45) is 2.54. The number of hydrogen-bond donors (Lipinski definition) is 0. The Labute approximate surface area is 189 Å². The minimum Gasteiger partial charge on any atom is -0.454 e. The molecule has 2 heterocycles. The van der Waals surface area contributed by atoms with E-state index in [4.69, 9.17) is 9.47 Å². The quantitative estimate of drug-likeness (QED) is 0.365. The Hall–Kier alpha value is -3.95. The molecule has 0 saturated carbocycles. The Morgan fingerprint density at radius 1 is 1.12 bits per heavy atom. The molecule has 11 nitrogen and oxygen atoms in total. The van der Waals surface area contributed by atoms with Crippen LogP contribution in [0, 0.1) is 21.4 Å². The number of nitrogens with zero attached hydrogens (tertiary/aromatic N) is 4. The highest BCUT2D eigenvalue weighted by Gasteiger charge is 2.31. The van der Waals surface area contributed by atoms with Crippen molar-refractivity contribution in [3.8, 4) is 17.6 Å². The molecule has 4 rings (SSSR count). The minimum atomic E-state index is -3.88. The summed E-state index contributed by atoms with van der Waals surface area (Å²) in [5.41, 5.74) is 0.0200. The smallest absolute Gasteiger partial charge is 0.280 e. The average Bonchev–Trinajstić information content (AvgIpc) is 3.29. The molecule has 0 radical (unpaired) electrons. The van der Waals surface area contributed by atoms with E-state index in [2.05, 4.69) is 0 Å². The number of benzene rings is 2. The van der Waals surface area contributed by atoms with Gasteiger partial charge in [0, 0.05) is 32.3 Å². The van der Waals surface area contributed by atoms with E-state index >= 15 is 0 Å². The number of nitro benzene ring substituents is 1. The van der Waals surface area contributed by atoms with Crippen molar-refractivity contribution in [2.45, 2.75) is 4.90 Å². The first-order chi connectivity index (χ1) is 15.8. The zero-order valence-electron chi connectivity index (χ0n) is 17.2. The second kappa shape index (κ2) is 8.89. The molecule has 0 atom stereocenters. The van der Waals surface area contributed by atoms with Crippen LogP contribution in [-0.2, 0) is 14.8 Å². The van der Waals surface area contributed by atoms with Crippen LogP contribution >= 0.6 is 0 Å². The number of fused-ring (bicyclic) bond motifs is 1. The summed E-state index contributed by atoms with van der Waals surface area (Å²) in [4.78, 5) is 24.8. The van der Waals surface area contributed by atoms with Crippen LogP contribution < -0.4 is 9.47 Å². The van der Waals surface area contributed by atoms with Crippen LogP contribution in [-0.4, -0.2) is 61.4 Å². The second-order valence-corrected chi connectivity index (χ2v) is 9.10. The lowest BCUT2D eigenvalue weighted by molar-refractivity contribution is -0.385. The first-order valence-electron chi connectivity index (χ1n) is 9.85. The van der Waals surface area contributed by atoms with Crippen molar-refractivity contribution in [3.05, 3.63) is 63.7 Å². The van der Waals surface area contributed by atoms with Gasteiger partial charge in [-0.2, -0.15) is 9.57 Å². The molecule has 1 saturated heterocycles. The maximum Gasteiger partial charge on any atom is 0.280 e. The van der Waals surface area contributed by atoms with Crippen molar-refractivity contribution in [2.24, 2.45) is 0 Å². The first-order valence-corrected chi connectivity index (χ1v) is 11.3. The van der Waals surface area contributed by atoms with Crippen molar-refractivity contribution in [1.82, 2.24) is 9.21 Å². The van der Waals surface area contributed by atoms with Gasteiger partial charge in [0.2, 0.25) is 22.7 Å². The summed E-state index contributed by atoms with van der Waals surface area (Å²) in [5, 5.41) is 20.6. The normalized spacial score (nSPS) is 16.0. The van der Waals surface area contributed by atoms with Crippen LogP contribution in [0.4, 0.5) is 5.69 Å². The second-order valence-electron chi connectivity index (χ2n) is 7.19. The fourth-order valence-electron chi connectivity index (χ4n) is 3.58. The topological polar surface area (TPSA) is 143 Å². The summed E-state index contributed by atoms with van der Waals surface area (Å²) < 4.78 is 37.5. The molecule has 0 spiro atoms. The van der Waals surface area contributed by atoms with Crippen LogP contribution in [0.3, 0.4) is 0 Å². The molecular formula is C21H18N4O7S. The van der Waals surface area contributed by atoms with Gasteiger partial charge in [0.1, 0.15) is 6.07 Å². The summed E-state index contributed by atoms with van der Waals surface area (Å²) in [6, 6.07) is 10.5. The predicted octanol–water partition coefficient (Wildman–Crippen LogP) is 1.74. The summed E-state index contributed by atoms with van der Waals surface area (Å²) >= 11 is 0. The molecule has 33 heavy (non-hydrogen) atoms. The minimum absolute atomic E-state index is 0.0371. The molecule has 0 bridgehead atoms. The lowest BCUT2D eigenvalue weighted by Crippen LogP contribution is -2.50. The van der Waals surface area contributed by atoms with Crippen LogP contribution in [0.1, 0.15) is 11.1 Å². The van der Waals surface area contributed by atoms with Crippen LogP contribution in [0.2, 0.25) is 0 Å². The number of piperazine rings is 1. The number of sulfonamides is 1. The van der Waals surface area contributed by atoms with E-state index in [0.717, 1.165) is 0 Å². The van der Waals surface area contributed by atoms with Gasteiger partial charge in [-0.1, -0.05) is 12.1 Å². The van der Waals surface area contributed by atoms with Crippen molar-refractivity contribution in [3.63, 3.8) is 0 Å². The molecular weight excluding hydrogens is 452 g/mol. The van der Waals surface area contributed by atoms with E-state index in [1.807, 2.05) is 6.07 Å². The molecule has 2 aromatic carbocycles. The van der Waals surface area contributed by atoms with Crippen molar-refractivity contribution in [2.75, 3.05) is 33.0 Å². The third kappa shape index (κ3) is 4.36. The average molecular weight is 470 g/mol. The van der Waals surface area contributed by atoms with Crippen molar-refractivity contribution >= 4 is 27.7 Å². The van der Waals surface area contributed by atoms with Gasteiger partial charge in [0.15, 0.2) is 11.5 Å². The van der Waals surface area contributed by atoms with Crippen LogP contribution in [0.5, 0.6) is 11.5 Å². The van der Waals surface area contributed by atoms with E-state index in [1.165, 1.54) is 45.6 Å². The Morgan fingerprint density at radius 2 is 1.79 bits per heavy atom. The fraction of sp³-hybridized carbons (Fsp3) is 0.238. The molecule has 0 aliphatic carbocycles. The Bertz CT molecular complexity index is 1290. The number of carbonyl (C=O) groups is 1. The maximum absolute atomic E-state index is 12.9. The maximum atomic E-state index is 12.9.